The maximum absolute atomic E-state index is 12.8. The topological polar surface area (TPSA) is 71.8 Å². The van der Waals surface area contributed by atoms with Crippen molar-refractivity contribution in [3.05, 3.63) is 64.2 Å². The Morgan fingerprint density at radius 1 is 1.12 bits per heavy atom. The first-order chi connectivity index (χ1) is 12.1. The van der Waals surface area contributed by atoms with Gasteiger partial charge in [0.25, 0.3) is 11.8 Å². The Morgan fingerprint density at radius 2 is 1.88 bits per heavy atom. The molecule has 7 heteroatoms. The predicted octanol–water partition coefficient (Wildman–Crippen LogP) is 2.67. The Bertz CT molecular complexity index is 780. The van der Waals surface area contributed by atoms with E-state index in [2.05, 4.69) is 21.2 Å². The van der Waals surface area contributed by atoms with Gasteiger partial charge in [-0.05, 0) is 40.2 Å². The minimum Gasteiger partial charge on any atom is -0.465 e. The summed E-state index contributed by atoms with van der Waals surface area (Å²) in [6.45, 7) is 1.94. The molecular formula is C18H17BrN2O4. The van der Waals surface area contributed by atoms with Crippen molar-refractivity contribution in [1.82, 2.24) is 10.2 Å². The first-order valence-corrected chi connectivity index (χ1v) is 8.62. The number of rotatable bonds is 4. The van der Waals surface area contributed by atoms with Gasteiger partial charge in [-0.1, -0.05) is 12.1 Å². The highest BCUT2D eigenvalue weighted by atomic mass is 79.9. The van der Waals surface area contributed by atoms with Gasteiger partial charge >= 0.3 is 0 Å². The van der Waals surface area contributed by atoms with Gasteiger partial charge in [-0.15, -0.1) is 0 Å². The fraction of sp³-hybridized carbons (Fsp3) is 0.222. The van der Waals surface area contributed by atoms with Gasteiger partial charge < -0.3 is 19.4 Å². The van der Waals surface area contributed by atoms with E-state index < -0.39 is 0 Å². The molecule has 1 saturated heterocycles. The third-order valence-corrected chi connectivity index (χ3v) is 4.42. The van der Waals surface area contributed by atoms with Gasteiger partial charge in [-0.3, -0.25) is 9.59 Å². The third kappa shape index (κ3) is 4.37. The molecule has 0 spiro atoms. The molecule has 2 amide bonds. The van der Waals surface area contributed by atoms with Gasteiger partial charge in [0.1, 0.15) is 11.5 Å². The van der Waals surface area contributed by atoms with Gasteiger partial charge in [0, 0.05) is 23.6 Å². The molecule has 1 fully saturated rings. The van der Waals surface area contributed by atoms with Gasteiger partial charge in [0.05, 0.1) is 25.0 Å². The van der Waals surface area contributed by atoms with Crippen LogP contribution in [0.4, 0.5) is 0 Å². The zero-order valence-corrected chi connectivity index (χ0v) is 15.0. The molecule has 0 bridgehead atoms. The second-order valence-electron chi connectivity index (χ2n) is 5.41. The molecule has 0 aliphatic carbocycles. The lowest BCUT2D eigenvalue weighted by molar-refractivity contribution is -0.131. The van der Waals surface area contributed by atoms with Crippen molar-refractivity contribution in [1.29, 1.82) is 0 Å². The van der Waals surface area contributed by atoms with E-state index in [1.54, 1.807) is 35.2 Å². The Morgan fingerprint density at radius 3 is 2.56 bits per heavy atom. The first-order valence-electron chi connectivity index (χ1n) is 7.83. The Hall–Kier alpha value is -2.38. The molecular weight excluding hydrogens is 388 g/mol. The van der Waals surface area contributed by atoms with Crippen LogP contribution in [-0.2, 0) is 9.53 Å². The van der Waals surface area contributed by atoms with Crippen molar-refractivity contribution >= 4 is 33.8 Å². The van der Waals surface area contributed by atoms with Gasteiger partial charge in [-0.25, -0.2) is 0 Å². The molecule has 6 nitrogen and oxygen atoms in total. The van der Waals surface area contributed by atoms with Crippen LogP contribution in [0.2, 0.25) is 0 Å². The lowest BCUT2D eigenvalue weighted by atomic mass is 10.2. The summed E-state index contributed by atoms with van der Waals surface area (Å²) in [5.41, 5.74) is 0.611. The van der Waals surface area contributed by atoms with Crippen molar-refractivity contribution in [2.75, 3.05) is 26.3 Å². The predicted molar refractivity (Wildman–Crippen MR) is 95.7 cm³/mol. The number of amides is 2. The number of halogens is 1. The summed E-state index contributed by atoms with van der Waals surface area (Å²) in [7, 11) is 0. The largest absolute Gasteiger partial charge is 0.465 e. The van der Waals surface area contributed by atoms with E-state index in [0.717, 1.165) is 0 Å². The molecule has 130 valence electrons. The van der Waals surface area contributed by atoms with E-state index >= 15 is 0 Å². The van der Waals surface area contributed by atoms with Gasteiger partial charge in [0.2, 0.25) is 0 Å². The molecule has 1 aromatic heterocycles. The average Bonchev–Trinajstić information content (AvgIpc) is 3.14. The van der Waals surface area contributed by atoms with Crippen molar-refractivity contribution in [2.45, 2.75) is 0 Å². The molecule has 25 heavy (non-hydrogen) atoms. The third-order valence-electron chi connectivity index (χ3n) is 3.73. The van der Waals surface area contributed by atoms with Crippen LogP contribution in [0.15, 0.2) is 57.2 Å². The molecule has 1 N–H and O–H groups in total. The second kappa shape index (κ2) is 8.13. The van der Waals surface area contributed by atoms with Crippen LogP contribution in [-0.4, -0.2) is 43.0 Å². The number of nitrogens with zero attached hydrogens (tertiary/aromatic N) is 1. The monoisotopic (exact) mass is 404 g/mol. The van der Waals surface area contributed by atoms with Crippen LogP contribution in [0.25, 0.3) is 6.08 Å². The lowest BCUT2D eigenvalue weighted by Crippen LogP contribution is -2.44. The highest BCUT2D eigenvalue weighted by molar-refractivity contribution is 9.10. The molecule has 1 aliphatic heterocycles. The Labute approximate surface area is 153 Å². The molecule has 0 radical (unpaired) electrons. The van der Waals surface area contributed by atoms with Crippen LogP contribution < -0.4 is 5.32 Å². The van der Waals surface area contributed by atoms with Crippen LogP contribution in [0.5, 0.6) is 0 Å². The van der Waals surface area contributed by atoms with E-state index in [4.69, 9.17) is 9.15 Å². The number of furan rings is 1. The summed E-state index contributed by atoms with van der Waals surface area (Å²) >= 11 is 3.35. The van der Waals surface area contributed by atoms with Crippen molar-refractivity contribution in [3.8, 4) is 0 Å². The quantitative estimate of drug-likeness (QED) is 0.795. The Balaban J connectivity index is 1.85. The van der Waals surface area contributed by atoms with E-state index in [-0.39, 0.29) is 17.5 Å². The average molecular weight is 405 g/mol. The van der Waals surface area contributed by atoms with Crippen LogP contribution in [0.3, 0.4) is 0 Å². The Kier molecular flexibility index (Phi) is 5.67. The number of benzene rings is 1. The molecule has 0 saturated carbocycles. The zero-order valence-electron chi connectivity index (χ0n) is 13.4. The summed E-state index contributed by atoms with van der Waals surface area (Å²) in [5.74, 6) is -0.143. The fourth-order valence-corrected chi connectivity index (χ4v) is 2.90. The molecule has 3 rings (SSSR count). The van der Waals surface area contributed by atoms with Gasteiger partial charge in [-0.2, -0.15) is 0 Å². The van der Waals surface area contributed by atoms with Crippen LogP contribution in [0, 0.1) is 0 Å². The fourth-order valence-electron chi connectivity index (χ4n) is 2.44. The summed E-state index contributed by atoms with van der Waals surface area (Å²) in [6, 6.07) is 10.5. The zero-order chi connectivity index (χ0) is 17.6. The lowest BCUT2D eigenvalue weighted by Gasteiger charge is -2.27. The second-order valence-corrected chi connectivity index (χ2v) is 6.27. The number of ether oxygens (including phenoxy) is 1. The minimum absolute atomic E-state index is 0.164. The smallest absolute Gasteiger partial charge is 0.270 e. The van der Waals surface area contributed by atoms with Gasteiger partial charge in [0.15, 0.2) is 0 Å². The van der Waals surface area contributed by atoms with Crippen LogP contribution in [0.1, 0.15) is 16.1 Å². The summed E-state index contributed by atoms with van der Waals surface area (Å²) in [6.07, 6.45) is 3.05. The summed E-state index contributed by atoms with van der Waals surface area (Å²) in [5, 5.41) is 2.71. The maximum Gasteiger partial charge on any atom is 0.270 e. The molecule has 0 unspecified atom stereocenters. The van der Waals surface area contributed by atoms with E-state index in [1.807, 2.05) is 6.07 Å². The number of carbonyl (C=O) groups is 2. The van der Waals surface area contributed by atoms with Crippen LogP contribution >= 0.6 is 15.9 Å². The summed E-state index contributed by atoms with van der Waals surface area (Å²) < 4.78 is 11.2. The molecule has 1 aromatic carbocycles. The standard InChI is InChI=1S/C18H17BrN2O4/c19-15-6-2-1-5-14(15)17(22)20-16(12-13-4-3-9-25-13)18(23)21-7-10-24-11-8-21/h1-6,9,12H,7-8,10-11H2,(H,20,22)/b16-12+. The van der Waals surface area contributed by atoms with Crippen molar-refractivity contribution in [2.24, 2.45) is 0 Å². The maximum atomic E-state index is 12.8. The van der Waals surface area contributed by atoms with E-state index in [9.17, 15) is 9.59 Å². The van der Waals surface area contributed by atoms with Crippen molar-refractivity contribution < 1.29 is 18.7 Å². The highest BCUT2D eigenvalue weighted by Gasteiger charge is 2.23. The number of hydrogen-bond donors (Lipinski definition) is 1. The number of morpholine rings is 1. The molecule has 2 aromatic rings. The molecule has 1 aliphatic rings. The molecule has 0 atom stereocenters. The minimum atomic E-state index is -0.369. The highest BCUT2D eigenvalue weighted by Crippen LogP contribution is 2.17. The summed E-state index contributed by atoms with van der Waals surface area (Å²) in [4.78, 5) is 27.0. The van der Waals surface area contributed by atoms with E-state index in [1.165, 1.54) is 12.3 Å². The first kappa shape index (κ1) is 17.4. The van der Waals surface area contributed by atoms with E-state index in [0.29, 0.717) is 42.1 Å². The molecule has 2 heterocycles. The number of carbonyl (C=O) groups excluding carboxylic acids is 2. The number of hydrogen-bond acceptors (Lipinski definition) is 4. The SMILES string of the molecule is O=C(N/C(=C/c1ccco1)C(=O)N1CCOCC1)c1ccccc1Br. The van der Waals surface area contributed by atoms with Crippen molar-refractivity contribution in [3.63, 3.8) is 0 Å². The normalized spacial score (nSPS) is 15.1. The number of nitrogens with one attached hydrogen (secondary N) is 1.